The molecule has 6 nitrogen and oxygen atoms in total. The number of aliphatic hydroxyl groups is 1. The van der Waals surface area contributed by atoms with Gasteiger partial charge in [0.15, 0.2) is 0 Å². The summed E-state index contributed by atoms with van der Waals surface area (Å²) in [5, 5.41) is 18.6. The number of nitrogens with zero attached hydrogens (tertiary/aromatic N) is 1. The first-order valence-corrected chi connectivity index (χ1v) is 5.81. The van der Waals surface area contributed by atoms with Gasteiger partial charge in [0.25, 0.3) is 0 Å². The maximum atomic E-state index is 11.9. The minimum Gasteiger partial charge on any atom is -0.395 e. The van der Waals surface area contributed by atoms with Gasteiger partial charge in [0, 0.05) is 11.5 Å². The molecule has 0 spiro atoms. The first-order valence-electron chi connectivity index (χ1n) is 5.81. The second-order valence-electron chi connectivity index (χ2n) is 5.45. The smallest absolute Gasteiger partial charge is 0.246 e. The van der Waals surface area contributed by atoms with Crippen LogP contribution in [0.1, 0.15) is 33.4 Å². The average molecular weight is 255 g/mol. The molecule has 0 saturated carbocycles. The van der Waals surface area contributed by atoms with Gasteiger partial charge in [-0.1, -0.05) is 19.0 Å². The Bertz CT molecular complexity index is 424. The molecule has 1 rings (SSSR count). The molecule has 0 aromatic carbocycles. The van der Waals surface area contributed by atoms with E-state index in [1.54, 1.807) is 27.0 Å². The van der Waals surface area contributed by atoms with Crippen molar-refractivity contribution >= 4 is 11.8 Å². The van der Waals surface area contributed by atoms with Crippen LogP contribution in [0.2, 0.25) is 0 Å². The van der Waals surface area contributed by atoms with Crippen molar-refractivity contribution in [3.63, 3.8) is 0 Å². The highest BCUT2D eigenvalue weighted by molar-refractivity contribution is 5.96. The van der Waals surface area contributed by atoms with Crippen molar-refractivity contribution in [2.24, 2.45) is 0 Å². The summed E-state index contributed by atoms with van der Waals surface area (Å²) in [4.78, 5) is 11.9. The maximum absolute atomic E-state index is 11.9. The molecule has 1 aromatic heterocycles. The second-order valence-corrected chi connectivity index (χ2v) is 5.45. The zero-order valence-corrected chi connectivity index (χ0v) is 11.5. The molecule has 6 heteroatoms. The number of likely N-dealkylation sites (N-methyl/N-ethyl adjacent to an activating group) is 1. The molecule has 0 radical (unpaired) electrons. The summed E-state index contributed by atoms with van der Waals surface area (Å²) in [6.45, 7) is 7.16. The lowest BCUT2D eigenvalue weighted by Gasteiger charge is -2.21. The number of hydrogen-bond acceptors (Lipinski definition) is 5. The van der Waals surface area contributed by atoms with Crippen LogP contribution in [0.4, 0.5) is 5.88 Å². The molecule has 0 unspecified atom stereocenters. The van der Waals surface area contributed by atoms with Crippen molar-refractivity contribution in [1.82, 2.24) is 10.5 Å². The number of hydrogen-bond donors (Lipinski definition) is 3. The van der Waals surface area contributed by atoms with E-state index < -0.39 is 11.0 Å². The third-order valence-electron chi connectivity index (χ3n) is 3.03. The molecule has 1 aromatic rings. The van der Waals surface area contributed by atoms with Crippen molar-refractivity contribution in [1.29, 1.82) is 0 Å². The Morgan fingerprint density at radius 3 is 2.56 bits per heavy atom. The summed E-state index contributed by atoms with van der Waals surface area (Å²) in [6.07, 6.45) is 0. The van der Waals surface area contributed by atoms with Crippen LogP contribution < -0.4 is 10.6 Å². The van der Waals surface area contributed by atoms with Gasteiger partial charge >= 0.3 is 0 Å². The summed E-state index contributed by atoms with van der Waals surface area (Å²) in [6, 6.07) is 1.62. The predicted molar refractivity (Wildman–Crippen MR) is 68.4 cm³/mol. The van der Waals surface area contributed by atoms with Gasteiger partial charge in [-0.15, -0.1) is 0 Å². The third-order valence-corrected chi connectivity index (χ3v) is 3.03. The van der Waals surface area contributed by atoms with Gasteiger partial charge < -0.3 is 14.9 Å². The van der Waals surface area contributed by atoms with E-state index in [0.717, 1.165) is 0 Å². The van der Waals surface area contributed by atoms with Crippen LogP contribution in [0.25, 0.3) is 0 Å². The lowest BCUT2D eigenvalue weighted by molar-refractivity contribution is -0.121. The van der Waals surface area contributed by atoms with E-state index in [1.807, 2.05) is 13.8 Å². The minimum absolute atomic E-state index is 0.0467. The van der Waals surface area contributed by atoms with Crippen LogP contribution in [-0.2, 0) is 10.2 Å². The number of aliphatic hydroxyl groups excluding tert-OH is 1. The predicted octanol–water partition coefficient (Wildman–Crippen LogP) is 0.881. The van der Waals surface area contributed by atoms with Gasteiger partial charge in [0.1, 0.15) is 0 Å². The summed E-state index contributed by atoms with van der Waals surface area (Å²) in [7, 11) is 1.71. The van der Waals surface area contributed by atoms with Gasteiger partial charge in [-0.3, -0.25) is 10.1 Å². The van der Waals surface area contributed by atoms with Crippen molar-refractivity contribution in [3.05, 3.63) is 11.8 Å². The summed E-state index contributed by atoms with van der Waals surface area (Å²) < 4.78 is 5.04. The van der Waals surface area contributed by atoms with E-state index in [1.165, 1.54) is 0 Å². The van der Waals surface area contributed by atoms with E-state index >= 15 is 0 Å². The van der Waals surface area contributed by atoms with Gasteiger partial charge in [-0.2, -0.15) is 0 Å². The van der Waals surface area contributed by atoms with Gasteiger partial charge in [-0.05, 0) is 20.9 Å². The Kier molecular flexibility index (Phi) is 4.13. The Hall–Kier alpha value is -1.40. The standard InChI is InChI=1S/C12H21N3O3/c1-11(2,7-16)8-6-9(18-15-8)14-10(17)12(3,4)13-5/h6,13,16H,7H2,1-5H3,(H,14,17). The highest BCUT2D eigenvalue weighted by atomic mass is 16.5. The number of carbonyl (C=O) groups excluding carboxylic acids is 1. The van der Waals surface area contributed by atoms with E-state index in [0.29, 0.717) is 5.69 Å². The fourth-order valence-corrected chi connectivity index (χ4v) is 1.12. The molecule has 0 aliphatic heterocycles. The number of rotatable bonds is 5. The number of anilines is 1. The second kappa shape index (κ2) is 5.07. The minimum atomic E-state index is -0.695. The third kappa shape index (κ3) is 3.08. The molecule has 102 valence electrons. The van der Waals surface area contributed by atoms with Crippen LogP contribution in [0, 0.1) is 0 Å². The Labute approximate surface area is 107 Å². The molecular formula is C12H21N3O3. The molecular weight excluding hydrogens is 234 g/mol. The number of carbonyl (C=O) groups is 1. The highest BCUT2D eigenvalue weighted by Crippen LogP contribution is 2.24. The Morgan fingerprint density at radius 1 is 1.44 bits per heavy atom. The Balaban J connectivity index is 2.80. The van der Waals surface area contributed by atoms with Crippen molar-refractivity contribution in [2.45, 2.75) is 38.6 Å². The fourth-order valence-electron chi connectivity index (χ4n) is 1.12. The normalized spacial score (nSPS) is 12.6. The molecule has 0 aliphatic carbocycles. The fraction of sp³-hybridized carbons (Fsp3) is 0.667. The quantitative estimate of drug-likeness (QED) is 0.727. The summed E-state index contributed by atoms with van der Waals surface area (Å²) in [5.74, 6) is 0.0642. The van der Waals surface area contributed by atoms with Gasteiger partial charge in [-0.25, -0.2) is 0 Å². The molecule has 1 heterocycles. The lowest BCUT2D eigenvalue weighted by atomic mass is 9.91. The Morgan fingerprint density at radius 2 is 2.06 bits per heavy atom. The zero-order valence-electron chi connectivity index (χ0n) is 11.5. The lowest BCUT2D eigenvalue weighted by Crippen LogP contribution is -2.47. The first-order chi connectivity index (χ1) is 8.23. The van der Waals surface area contributed by atoms with Gasteiger partial charge in [0.05, 0.1) is 17.8 Å². The van der Waals surface area contributed by atoms with E-state index in [-0.39, 0.29) is 18.4 Å². The summed E-state index contributed by atoms with van der Waals surface area (Å²) >= 11 is 0. The van der Waals surface area contributed by atoms with Crippen LogP contribution >= 0.6 is 0 Å². The number of amides is 1. The first kappa shape index (κ1) is 14.7. The SMILES string of the molecule is CNC(C)(C)C(=O)Nc1cc(C(C)(C)CO)no1. The van der Waals surface area contributed by atoms with Crippen molar-refractivity contribution in [2.75, 3.05) is 19.0 Å². The maximum Gasteiger partial charge on any atom is 0.246 e. The topological polar surface area (TPSA) is 87.4 Å². The molecule has 0 atom stereocenters. The van der Waals surface area contributed by atoms with Crippen molar-refractivity contribution < 1.29 is 14.4 Å². The molecule has 0 bridgehead atoms. The zero-order chi connectivity index (χ0) is 14.0. The molecule has 1 amide bonds. The molecule has 3 N–H and O–H groups in total. The van der Waals surface area contributed by atoms with Crippen LogP contribution in [0.5, 0.6) is 0 Å². The van der Waals surface area contributed by atoms with Crippen LogP contribution in [-0.4, -0.2) is 35.4 Å². The van der Waals surface area contributed by atoms with E-state index in [2.05, 4.69) is 15.8 Å². The molecule has 0 aliphatic rings. The van der Waals surface area contributed by atoms with Crippen molar-refractivity contribution in [3.8, 4) is 0 Å². The average Bonchev–Trinajstić information content (AvgIpc) is 2.78. The highest BCUT2D eigenvalue weighted by Gasteiger charge is 2.28. The molecule has 18 heavy (non-hydrogen) atoms. The van der Waals surface area contributed by atoms with Gasteiger partial charge in [0.2, 0.25) is 11.8 Å². The molecule has 0 fully saturated rings. The van der Waals surface area contributed by atoms with E-state index in [4.69, 9.17) is 4.52 Å². The van der Waals surface area contributed by atoms with Crippen LogP contribution in [0.15, 0.2) is 10.6 Å². The van der Waals surface area contributed by atoms with E-state index in [9.17, 15) is 9.90 Å². The monoisotopic (exact) mass is 255 g/mol. The molecule has 0 saturated heterocycles. The van der Waals surface area contributed by atoms with Crippen LogP contribution in [0.3, 0.4) is 0 Å². The summed E-state index contributed by atoms with van der Waals surface area (Å²) in [5.41, 5.74) is -0.590. The number of nitrogens with one attached hydrogen (secondary N) is 2. The largest absolute Gasteiger partial charge is 0.395 e. The number of aromatic nitrogens is 1.